The van der Waals surface area contributed by atoms with Crippen LogP contribution in [0.15, 0.2) is 18.2 Å². The smallest absolute Gasteiger partial charge is 0.161 e. The summed E-state index contributed by atoms with van der Waals surface area (Å²) in [7, 11) is 1.80. The molecule has 0 radical (unpaired) electrons. The monoisotopic (exact) mass is 514 g/mol. The molecule has 1 aromatic carbocycles. The minimum Gasteiger partial charge on any atom is -0.491 e. The minimum atomic E-state index is -0.597. The van der Waals surface area contributed by atoms with Gasteiger partial charge >= 0.3 is 0 Å². The first-order valence-electron chi connectivity index (χ1n) is 12.4. The molecule has 1 saturated carbocycles. The molecule has 1 aliphatic carbocycles. The van der Waals surface area contributed by atoms with E-state index < -0.39 is 6.10 Å². The first-order chi connectivity index (χ1) is 16.9. The van der Waals surface area contributed by atoms with Crippen LogP contribution in [-0.2, 0) is 6.42 Å². The van der Waals surface area contributed by atoms with Crippen molar-refractivity contribution in [2.45, 2.75) is 65.4 Å². The Kier molecular flexibility index (Phi) is 8.76. The molecule has 0 amide bonds. The van der Waals surface area contributed by atoms with Crippen LogP contribution in [0.1, 0.15) is 53.9 Å². The number of hydrogen-bond acceptors (Lipinski definition) is 7. The third kappa shape index (κ3) is 6.20. The van der Waals surface area contributed by atoms with E-state index in [9.17, 15) is 5.11 Å². The number of hydrogen-bond donors (Lipinski definition) is 2. The van der Waals surface area contributed by atoms with Crippen LogP contribution in [0.25, 0.3) is 22.6 Å². The van der Waals surface area contributed by atoms with Gasteiger partial charge in [0.15, 0.2) is 5.82 Å². The maximum atomic E-state index is 10.0. The predicted molar refractivity (Wildman–Crippen MR) is 144 cm³/mol. The van der Waals surface area contributed by atoms with Crippen LogP contribution in [0.3, 0.4) is 0 Å². The third-order valence-electron chi connectivity index (χ3n) is 6.78. The summed E-state index contributed by atoms with van der Waals surface area (Å²) in [5, 5.41) is 13.5. The summed E-state index contributed by atoms with van der Waals surface area (Å²) in [6.07, 6.45) is 6.79. The molecule has 1 aliphatic rings. The van der Waals surface area contributed by atoms with Crippen LogP contribution in [-0.4, -0.2) is 45.8 Å². The molecule has 1 unspecified atom stereocenters. The number of nitrogens with zero attached hydrogens (tertiary/aromatic N) is 3. The molecule has 0 spiro atoms. The Hall–Kier alpha value is -2.06. The van der Waals surface area contributed by atoms with Crippen LogP contribution < -0.4 is 10.1 Å². The summed E-state index contributed by atoms with van der Waals surface area (Å²) < 4.78 is 10.4. The molecule has 35 heavy (non-hydrogen) atoms. The van der Waals surface area contributed by atoms with E-state index in [-0.39, 0.29) is 6.61 Å². The fourth-order valence-corrected chi connectivity index (χ4v) is 5.77. The first-order valence-corrected chi connectivity index (χ1v) is 13.6. The van der Waals surface area contributed by atoms with Crippen molar-refractivity contribution in [3.05, 3.63) is 45.1 Å². The number of rotatable bonds is 9. The Balaban J connectivity index is 1.76. The van der Waals surface area contributed by atoms with Crippen molar-refractivity contribution in [3.8, 4) is 28.4 Å². The van der Waals surface area contributed by atoms with E-state index in [4.69, 9.17) is 26.3 Å². The van der Waals surface area contributed by atoms with Crippen LogP contribution in [0.2, 0.25) is 5.02 Å². The van der Waals surface area contributed by atoms with Gasteiger partial charge in [-0.1, -0.05) is 43.7 Å². The van der Waals surface area contributed by atoms with Gasteiger partial charge in [-0.2, -0.15) is 4.37 Å². The maximum absolute atomic E-state index is 10.0. The second-order valence-corrected chi connectivity index (χ2v) is 10.9. The van der Waals surface area contributed by atoms with Crippen molar-refractivity contribution >= 4 is 23.1 Å². The van der Waals surface area contributed by atoms with Crippen molar-refractivity contribution in [1.29, 1.82) is 0 Å². The lowest BCUT2D eigenvalue weighted by molar-refractivity contribution is 0.108. The zero-order valence-electron chi connectivity index (χ0n) is 21.0. The van der Waals surface area contributed by atoms with Crippen LogP contribution in [0, 0.1) is 26.7 Å². The highest BCUT2D eigenvalue weighted by molar-refractivity contribution is 7.06. The lowest BCUT2D eigenvalue weighted by Crippen LogP contribution is -2.29. The minimum absolute atomic E-state index is 0.188. The van der Waals surface area contributed by atoms with Crippen molar-refractivity contribution in [3.63, 3.8) is 0 Å². The normalized spacial score (nSPS) is 15.4. The second kappa shape index (κ2) is 11.8. The molecule has 6 nitrogen and oxygen atoms in total. The number of aromatic nitrogens is 3. The van der Waals surface area contributed by atoms with Gasteiger partial charge in [0.1, 0.15) is 18.5 Å². The molecule has 2 aromatic heterocycles. The fourth-order valence-electron chi connectivity index (χ4n) is 4.86. The highest BCUT2D eigenvalue weighted by Crippen LogP contribution is 2.37. The van der Waals surface area contributed by atoms with Gasteiger partial charge in [-0.15, -0.1) is 0 Å². The van der Waals surface area contributed by atoms with Crippen molar-refractivity contribution in [2.24, 2.45) is 5.92 Å². The standard InChI is InChI=1S/C27H35ClN4O2S/c1-16-24(12-19-8-6-5-7-9-19)30-27(31-26(16)25-17(2)32-35-18(25)3)22-13-21(10-11-23(22)28)34-15-20(33)14-29-4/h10-11,13,19-20,29,33H,5-9,12,14-15H2,1-4H3. The number of aryl methyl sites for hydroxylation is 2. The largest absolute Gasteiger partial charge is 0.491 e. The Morgan fingerprint density at radius 2 is 1.94 bits per heavy atom. The average Bonchev–Trinajstić information content (AvgIpc) is 3.18. The maximum Gasteiger partial charge on any atom is 0.161 e. The van der Waals surface area contributed by atoms with E-state index in [0.717, 1.165) is 45.1 Å². The van der Waals surface area contributed by atoms with Gasteiger partial charge in [0.2, 0.25) is 0 Å². The Bertz CT molecular complexity index is 1140. The summed E-state index contributed by atoms with van der Waals surface area (Å²) in [4.78, 5) is 11.3. The Morgan fingerprint density at radius 3 is 2.63 bits per heavy atom. The molecule has 0 saturated heterocycles. The molecule has 188 valence electrons. The lowest BCUT2D eigenvalue weighted by Gasteiger charge is -2.23. The van der Waals surface area contributed by atoms with E-state index in [0.29, 0.717) is 29.1 Å². The second-order valence-electron chi connectivity index (χ2n) is 9.54. The molecule has 2 N–H and O–H groups in total. The quantitative estimate of drug-likeness (QED) is 0.368. The number of benzene rings is 1. The van der Waals surface area contributed by atoms with Gasteiger partial charge < -0.3 is 15.2 Å². The van der Waals surface area contributed by atoms with Crippen LogP contribution in [0.4, 0.5) is 0 Å². The summed E-state index contributed by atoms with van der Waals surface area (Å²) in [6, 6.07) is 5.49. The highest BCUT2D eigenvalue weighted by Gasteiger charge is 2.23. The average molecular weight is 515 g/mol. The van der Waals surface area contributed by atoms with Gasteiger partial charge in [0, 0.05) is 28.2 Å². The van der Waals surface area contributed by atoms with Gasteiger partial charge in [-0.3, -0.25) is 0 Å². The molecule has 4 rings (SSSR count). The lowest BCUT2D eigenvalue weighted by atomic mass is 9.85. The zero-order chi connectivity index (χ0) is 24.9. The molecule has 0 aliphatic heterocycles. The molecule has 1 atom stereocenters. The van der Waals surface area contributed by atoms with Gasteiger partial charge in [0.05, 0.1) is 16.4 Å². The van der Waals surface area contributed by atoms with E-state index in [1.54, 1.807) is 7.05 Å². The number of ether oxygens (including phenoxy) is 1. The fraction of sp³-hybridized carbons (Fsp3) is 0.519. The topological polar surface area (TPSA) is 80.2 Å². The number of likely N-dealkylation sites (N-methyl/N-ethyl adjacent to an activating group) is 1. The Labute approximate surface area is 217 Å². The molecule has 3 aromatic rings. The first kappa shape index (κ1) is 26.0. The number of halogens is 1. The van der Waals surface area contributed by atoms with Gasteiger partial charge in [0.25, 0.3) is 0 Å². The van der Waals surface area contributed by atoms with E-state index in [1.165, 1.54) is 43.6 Å². The molecule has 8 heteroatoms. The number of aliphatic hydroxyl groups is 1. The summed E-state index contributed by atoms with van der Waals surface area (Å²) in [5.41, 5.74) is 5.98. The molecule has 1 fully saturated rings. The van der Waals surface area contributed by atoms with E-state index in [2.05, 4.69) is 23.5 Å². The van der Waals surface area contributed by atoms with Crippen molar-refractivity contribution in [2.75, 3.05) is 20.2 Å². The SMILES string of the molecule is CNCC(O)COc1ccc(Cl)c(-c2nc(CC3CCCCC3)c(C)c(-c3c(C)nsc3C)n2)c1. The third-order valence-corrected chi connectivity index (χ3v) is 7.96. The molecule has 2 heterocycles. The van der Waals surface area contributed by atoms with Gasteiger partial charge in [-0.25, -0.2) is 9.97 Å². The summed E-state index contributed by atoms with van der Waals surface area (Å²) >= 11 is 8.17. The van der Waals surface area contributed by atoms with Crippen LogP contribution in [0.5, 0.6) is 5.75 Å². The molecular formula is C27H35ClN4O2S. The Morgan fingerprint density at radius 1 is 1.17 bits per heavy atom. The van der Waals surface area contributed by atoms with E-state index >= 15 is 0 Å². The zero-order valence-corrected chi connectivity index (χ0v) is 22.6. The van der Waals surface area contributed by atoms with Crippen molar-refractivity contribution in [1.82, 2.24) is 19.7 Å². The predicted octanol–water partition coefficient (Wildman–Crippen LogP) is 5.93. The molecular weight excluding hydrogens is 480 g/mol. The van der Waals surface area contributed by atoms with Crippen LogP contribution >= 0.6 is 23.1 Å². The number of nitrogens with one attached hydrogen (secondary N) is 1. The molecule has 0 bridgehead atoms. The summed E-state index contributed by atoms with van der Waals surface area (Å²) in [6.45, 7) is 6.92. The van der Waals surface area contributed by atoms with Crippen molar-refractivity contribution < 1.29 is 9.84 Å². The van der Waals surface area contributed by atoms with Gasteiger partial charge in [-0.05, 0) is 75.5 Å². The van der Waals surface area contributed by atoms with E-state index in [1.807, 2.05) is 25.1 Å². The highest BCUT2D eigenvalue weighted by atomic mass is 35.5. The summed E-state index contributed by atoms with van der Waals surface area (Å²) in [5.74, 6) is 1.89. The number of aliphatic hydroxyl groups excluding tert-OH is 1.